The Balaban J connectivity index is 1.51. The fourth-order valence-electron chi connectivity index (χ4n) is 3.54. The Hall–Kier alpha value is -3.89. The maximum Gasteiger partial charge on any atom is 0.294 e. The third-order valence-electron chi connectivity index (χ3n) is 5.24. The van der Waals surface area contributed by atoms with E-state index in [2.05, 4.69) is 5.32 Å². The molecule has 0 aliphatic carbocycles. The van der Waals surface area contributed by atoms with Crippen molar-refractivity contribution in [2.24, 2.45) is 0 Å². The zero-order valence-electron chi connectivity index (χ0n) is 18.5. The number of nitro groups is 1. The summed E-state index contributed by atoms with van der Waals surface area (Å²) >= 11 is 6.54. The van der Waals surface area contributed by atoms with Gasteiger partial charge in [0.05, 0.1) is 15.4 Å². The second kappa shape index (κ2) is 9.77. The van der Waals surface area contributed by atoms with Gasteiger partial charge in [0.2, 0.25) is 5.91 Å². The van der Waals surface area contributed by atoms with Crippen molar-refractivity contribution in [3.8, 4) is 11.3 Å². The molecule has 2 heterocycles. The maximum atomic E-state index is 12.8. The van der Waals surface area contributed by atoms with Gasteiger partial charge in [0.1, 0.15) is 18.1 Å². The molecule has 178 valence electrons. The minimum absolute atomic E-state index is 0.0707. The Kier molecular flexibility index (Phi) is 6.77. The molecule has 1 aliphatic rings. The van der Waals surface area contributed by atoms with Crippen LogP contribution in [0.1, 0.15) is 16.9 Å². The molecule has 0 saturated carbocycles. The predicted molar refractivity (Wildman–Crippen MR) is 133 cm³/mol. The SMILES string of the molecule is Cc1cccc(C)c1NC(=O)CN1C(=O)S/C(=C/c2ccc(-c3ccc(Cl)cc3[N+](=O)[O-])o2)C1=O. The van der Waals surface area contributed by atoms with Gasteiger partial charge in [-0.15, -0.1) is 0 Å². The average Bonchev–Trinajstić information content (AvgIpc) is 3.36. The first-order valence-corrected chi connectivity index (χ1v) is 11.5. The molecule has 2 aromatic carbocycles. The summed E-state index contributed by atoms with van der Waals surface area (Å²) in [5.74, 6) is -0.713. The van der Waals surface area contributed by atoms with Gasteiger partial charge in [0, 0.05) is 22.9 Å². The Bertz CT molecular complexity index is 1390. The molecule has 3 amide bonds. The lowest BCUT2D eigenvalue weighted by molar-refractivity contribution is -0.384. The van der Waals surface area contributed by atoms with Crippen LogP contribution in [0.15, 0.2) is 57.9 Å². The Labute approximate surface area is 208 Å². The van der Waals surface area contributed by atoms with Crippen LogP contribution < -0.4 is 5.32 Å². The number of carbonyl (C=O) groups excluding carboxylic acids is 3. The first-order chi connectivity index (χ1) is 16.6. The molecule has 0 atom stereocenters. The number of imide groups is 1. The Morgan fingerprint density at radius 3 is 2.57 bits per heavy atom. The van der Waals surface area contributed by atoms with E-state index in [4.69, 9.17) is 16.0 Å². The van der Waals surface area contributed by atoms with E-state index in [1.807, 2.05) is 32.0 Å². The molecule has 0 radical (unpaired) electrons. The van der Waals surface area contributed by atoms with Gasteiger partial charge < -0.3 is 9.73 Å². The number of benzene rings is 2. The summed E-state index contributed by atoms with van der Waals surface area (Å²) in [6, 6.07) is 12.8. The molecule has 4 rings (SSSR count). The molecule has 9 nitrogen and oxygen atoms in total. The number of halogens is 1. The van der Waals surface area contributed by atoms with Crippen LogP contribution >= 0.6 is 23.4 Å². The van der Waals surface area contributed by atoms with Crippen molar-refractivity contribution in [1.82, 2.24) is 4.90 Å². The van der Waals surface area contributed by atoms with E-state index in [0.717, 1.165) is 16.0 Å². The summed E-state index contributed by atoms with van der Waals surface area (Å²) in [5, 5.41) is 13.7. The number of amides is 3. The number of hydrogen-bond acceptors (Lipinski definition) is 7. The van der Waals surface area contributed by atoms with Crippen molar-refractivity contribution in [3.05, 3.63) is 85.5 Å². The number of carbonyl (C=O) groups is 3. The average molecular weight is 512 g/mol. The van der Waals surface area contributed by atoms with Gasteiger partial charge in [-0.05, 0) is 61.0 Å². The lowest BCUT2D eigenvalue weighted by Crippen LogP contribution is -2.36. The fourth-order valence-corrected chi connectivity index (χ4v) is 4.52. The summed E-state index contributed by atoms with van der Waals surface area (Å²) < 4.78 is 5.67. The summed E-state index contributed by atoms with van der Waals surface area (Å²) in [4.78, 5) is 49.4. The zero-order valence-corrected chi connectivity index (χ0v) is 20.1. The molecular formula is C24H18ClN3O6S. The molecule has 1 aliphatic heterocycles. The number of thioether (sulfide) groups is 1. The van der Waals surface area contributed by atoms with Crippen LogP contribution in [-0.4, -0.2) is 33.4 Å². The van der Waals surface area contributed by atoms with Gasteiger partial charge in [-0.25, -0.2) is 0 Å². The fraction of sp³-hybridized carbons (Fsp3) is 0.125. The zero-order chi connectivity index (χ0) is 25.3. The van der Waals surface area contributed by atoms with Gasteiger partial charge in [-0.2, -0.15) is 0 Å². The molecule has 3 aromatic rings. The second-order valence-corrected chi connectivity index (χ2v) is 9.13. The van der Waals surface area contributed by atoms with E-state index in [1.54, 1.807) is 0 Å². The first kappa shape index (κ1) is 24.2. The molecule has 35 heavy (non-hydrogen) atoms. The van der Waals surface area contributed by atoms with Crippen LogP contribution in [0.25, 0.3) is 17.4 Å². The quantitative estimate of drug-likeness (QED) is 0.252. The number of anilines is 1. The standard InChI is InChI=1S/C24H18ClN3O6S/c1-13-4-3-5-14(2)22(13)26-21(29)12-27-23(30)20(35-24(27)31)11-16-7-9-19(34-16)17-8-6-15(25)10-18(17)28(32)33/h3-11H,12H2,1-2H3,(H,26,29)/b20-11+. The number of nitro benzene ring substituents is 1. The first-order valence-electron chi connectivity index (χ1n) is 10.3. The summed E-state index contributed by atoms with van der Waals surface area (Å²) in [5.41, 5.74) is 2.35. The lowest BCUT2D eigenvalue weighted by atomic mass is 10.1. The molecule has 11 heteroatoms. The molecular weight excluding hydrogens is 494 g/mol. The number of para-hydroxylation sites is 1. The molecule has 1 aromatic heterocycles. The predicted octanol–water partition coefficient (Wildman–Crippen LogP) is 5.80. The third-order valence-corrected chi connectivity index (χ3v) is 6.39. The van der Waals surface area contributed by atoms with Crippen molar-refractivity contribution in [2.45, 2.75) is 13.8 Å². The monoisotopic (exact) mass is 511 g/mol. The van der Waals surface area contributed by atoms with Crippen LogP contribution in [0.3, 0.4) is 0 Å². The number of hydrogen-bond donors (Lipinski definition) is 1. The number of nitrogens with zero attached hydrogens (tertiary/aromatic N) is 2. The number of nitrogens with one attached hydrogen (secondary N) is 1. The van der Waals surface area contributed by atoms with E-state index in [0.29, 0.717) is 17.4 Å². The number of aryl methyl sites for hydroxylation is 2. The van der Waals surface area contributed by atoms with Gasteiger partial charge >= 0.3 is 0 Å². The van der Waals surface area contributed by atoms with Crippen LogP contribution in [-0.2, 0) is 9.59 Å². The normalized spacial score (nSPS) is 14.6. The highest BCUT2D eigenvalue weighted by molar-refractivity contribution is 8.18. The van der Waals surface area contributed by atoms with Gasteiger partial charge in [0.15, 0.2) is 0 Å². The molecule has 0 bridgehead atoms. The number of rotatable bonds is 6. The third kappa shape index (κ3) is 5.13. The van der Waals surface area contributed by atoms with Crippen LogP contribution in [0.4, 0.5) is 16.2 Å². The van der Waals surface area contributed by atoms with E-state index in [1.165, 1.54) is 36.4 Å². The van der Waals surface area contributed by atoms with E-state index in [-0.39, 0.29) is 32.7 Å². The maximum absolute atomic E-state index is 12.8. The minimum Gasteiger partial charge on any atom is -0.456 e. The smallest absolute Gasteiger partial charge is 0.294 e. The summed E-state index contributed by atoms with van der Waals surface area (Å²) in [6.45, 7) is 3.26. The summed E-state index contributed by atoms with van der Waals surface area (Å²) in [6.07, 6.45) is 1.36. The van der Waals surface area contributed by atoms with Crippen molar-refractivity contribution in [1.29, 1.82) is 0 Å². The highest BCUT2D eigenvalue weighted by atomic mass is 35.5. The Morgan fingerprint density at radius 1 is 1.17 bits per heavy atom. The van der Waals surface area contributed by atoms with Crippen LogP contribution in [0.5, 0.6) is 0 Å². The minimum atomic E-state index is -0.632. The number of furan rings is 1. The van der Waals surface area contributed by atoms with Crippen LogP contribution in [0, 0.1) is 24.0 Å². The van der Waals surface area contributed by atoms with Crippen molar-refractivity contribution < 1.29 is 23.7 Å². The Morgan fingerprint density at radius 2 is 1.89 bits per heavy atom. The molecule has 0 unspecified atom stereocenters. The van der Waals surface area contributed by atoms with E-state index < -0.39 is 28.5 Å². The van der Waals surface area contributed by atoms with Gasteiger partial charge in [-0.1, -0.05) is 29.8 Å². The molecule has 1 N–H and O–H groups in total. The molecule has 1 saturated heterocycles. The van der Waals surface area contributed by atoms with Crippen LogP contribution in [0.2, 0.25) is 5.02 Å². The molecule has 1 fully saturated rings. The van der Waals surface area contributed by atoms with Crippen molar-refractivity contribution in [3.63, 3.8) is 0 Å². The second-order valence-electron chi connectivity index (χ2n) is 7.70. The topological polar surface area (TPSA) is 123 Å². The highest BCUT2D eigenvalue weighted by Gasteiger charge is 2.36. The van der Waals surface area contributed by atoms with Gasteiger partial charge in [0.25, 0.3) is 16.8 Å². The molecule has 0 spiro atoms. The van der Waals surface area contributed by atoms with E-state index in [9.17, 15) is 24.5 Å². The summed E-state index contributed by atoms with van der Waals surface area (Å²) in [7, 11) is 0. The largest absolute Gasteiger partial charge is 0.456 e. The van der Waals surface area contributed by atoms with E-state index >= 15 is 0 Å². The van der Waals surface area contributed by atoms with Gasteiger partial charge in [-0.3, -0.25) is 29.4 Å². The lowest BCUT2D eigenvalue weighted by Gasteiger charge is -2.15. The highest BCUT2D eigenvalue weighted by Crippen LogP contribution is 2.36. The van der Waals surface area contributed by atoms with Crippen molar-refractivity contribution in [2.75, 3.05) is 11.9 Å². The van der Waals surface area contributed by atoms with Crippen molar-refractivity contribution >= 4 is 57.9 Å².